The number of methoxy groups -OCH3 is 1. The lowest BCUT2D eigenvalue weighted by Gasteiger charge is -2.28. The molecule has 0 spiro atoms. The van der Waals surface area contributed by atoms with E-state index in [1.165, 1.54) is 16.7 Å². The van der Waals surface area contributed by atoms with E-state index < -0.39 is 0 Å². The predicted octanol–water partition coefficient (Wildman–Crippen LogP) is 3.58. The van der Waals surface area contributed by atoms with E-state index in [0.717, 1.165) is 18.7 Å². The molecule has 3 heteroatoms. The third kappa shape index (κ3) is 2.34. The van der Waals surface area contributed by atoms with Gasteiger partial charge in [0.15, 0.2) is 0 Å². The third-order valence-electron chi connectivity index (χ3n) is 3.60. The monoisotopic (exact) mass is 273 g/mol. The van der Waals surface area contributed by atoms with Gasteiger partial charge >= 0.3 is 0 Å². The van der Waals surface area contributed by atoms with Gasteiger partial charge in [-0.2, -0.15) is 0 Å². The summed E-state index contributed by atoms with van der Waals surface area (Å²) < 4.78 is 5.34. The van der Waals surface area contributed by atoms with Gasteiger partial charge in [-0.25, -0.2) is 0 Å². The zero-order chi connectivity index (χ0) is 13.2. The highest BCUT2D eigenvalue weighted by molar-refractivity contribution is 6.32. The SMILES string of the molecule is COc1cc2c(cc1Cl)CCN[C@@H]2c1ccccc1. The van der Waals surface area contributed by atoms with Crippen LogP contribution in [0.1, 0.15) is 22.7 Å². The van der Waals surface area contributed by atoms with Crippen LogP contribution in [0.4, 0.5) is 0 Å². The molecule has 0 amide bonds. The molecule has 2 aromatic rings. The molecule has 1 N–H and O–H groups in total. The molecule has 0 saturated carbocycles. The molecule has 0 aliphatic carbocycles. The Bertz CT molecular complexity index is 583. The summed E-state index contributed by atoms with van der Waals surface area (Å²) in [5.74, 6) is 0.741. The van der Waals surface area contributed by atoms with Gasteiger partial charge in [0, 0.05) is 6.54 Å². The molecule has 2 aromatic carbocycles. The van der Waals surface area contributed by atoms with Gasteiger partial charge in [0.2, 0.25) is 0 Å². The van der Waals surface area contributed by atoms with Gasteiger partial charge in [-0.1, -0.05) is 41.9 Å². The Morgan fingerprint density at radius 2 is 2.00 bits per heavy atom. The smallest absolute Gasteiger partial charge is 0.137 e. The Morgan fingerprint density at radius 3 is 2.74 bits per heavy atom. The van der Waals surface area contributed by atoms with Crippen LogP contribution in [0.2, 0.25) is 5.02 Å². The Hall–Kier alpha value is -1.51. The Labute approximate surface area is 118 Å². The minimum atomic E-state index is 0.219. The lowest BCUT2D eigenvalue weighted by Crippen LogP contribution is -2.30. The molecule has 2 nitrogen and oxygen atoms in total. The van der Waals surface area contributed by atoms with Crippen LogP contribution in [0.15, 0.2) is 42.5 Å². The van der Waals surface area contributed by atoms with Crippen LogP contribution in [-0.4, -0.2) is 13.7 Å². The second-order valence-electron chi connectivity index (χ2n) is 4.73. The maximum atomic E-state index is 6.21. The van der Waals surface area contributed by atoms with E-state index in [0.29, 0.717) is 5.02 Å². The van der Waals surface area contributed by atoms with Gasteiger partial charge in [-0.15, -0.1) is 0 Å². The summed E-state index contributed by atoms with van der Waals surface area (Å²) in [7, 11) is 1.65. The highest BCUT2D eigenvalue weighted by Gasteiger charge is 2.22. The first kappa shape index (κ1) is 12.5. The average Bonchev–Trinajstić information content (AvgIpc) is 2.46. The summed E-state index contributed by atoms with van der Waals surface area (Å²) >= 11 is 6.21. The van der Waals surface area contributed by atoms with Gasteiger partial charge in [0.25, 0.3) is 0 Å². The molecule has 3 rings (SSSR count). The van der Waals surface area contributed by atoms with E-state index in [4.69, 9.17) is 16.3 Å². The summed E-state index contributed by atoms with van der Waals surface area (Å²) in [6, 6.07) is 14.8. The van der Waals surface area contributed by atoms with Gasteiger partial charge in [-0.05, 0) is 35.2 Å². The second-order valence-corrected chi connectivity index (χ2v) is 5.14. The molecular weight excluding hydrogens is 258 g/mol. The molecule has 0 bridgehead atoms. The van der Waals surface area contributed by atoms with E-state index in [9.17, 15) is 0 Å². The van der Waals surface area contributed by atoms with Gasteiger partial charge in [0.05, 0.1) is 18.2 Å². The predicted molar refractivity (Wildman–Crippen MR) is 78.0 cm³/mol. The minimum Gasteiger partial charge on any atom is -0.495 e. The zero-order valence-electron chi connectivity index (χ0n) is 10.8. The lowest BCUT2D eigenvalue weighted by molar-refractivity contribution is 0.413. The number of rotatable bonds is 2. The van der Waals surface area contributed by atoms with Gasteiger partial charge in [0.1, 0.15) is 5.75 Å². The molecule has 1 aliphatic rings. The van der Waals surface area contributed by atoms with Gasteiger partial charge < -0.3 is 10.1 Å². The number of fused-ring (bicyclic) bond motifs is 1. The van der Waals surface area contributed by atoms with Crippen molar-refractivity contribution in [2.45, 2.75) is 12.5 Å². The largest absolute Gasteiger partial charge is 0.495 e. The highest BCUT2D eigenvalue weighted by atomic mass is 35.5. The lowest BCUT2D eigenvalue weighted by atomic mass is 9.90. The number of ether oxygens (including phenoxy) is 1. The van der Waals surface area contributed by atoms with Crippen LogP contribution in [0.25, 0.3) is 0 Å². The maximum absolute atomic E-state index is 6.21. The summed E-state index contributed by atoms with van der Waals surface area (Å²) in [5.41, 5.74) is 3.84. The standard InChI is InChI=1S/C16H16ClNO/c1-19-15-10-13-12(9-14(15)17)7-8-18-16(13)11-5-3-2-4-6-11/h2-6,9-10,16,18H,7-8H2,1H3/t16-/m1/s1. The number of halogens is 1. The molecule has 98 valence electrons. The molecule has 0 radical (unpaired) electrons. The number of benzene rings is 2. The zero-order valence-corrected chi connectivity index (χ0v) is 11.6. The van der Waals surface area contributed by atoms with Crippen molar-refractivity contribution in [3.63, 3.8) is 0 Å². The van der Waals surface area contributed by atoms with Crippen molar-refractivity contribution in [1.29, 1.82) is 0 Å². The van der Waals surface area contributed by atoms with Crippen molar-refractivity contribution in [3.05, 3.63) is 64.2 Å². The van der Waals surface area contributed by atoms with Gasteiger partial charge in [-0.3, -0.25) is 0 Å². The van der Waals surface area contributed by atoms with E-state index >= 15 is 0 Å². The minimum absolute atomic E-state index is 0.219. The Morgan fingerprint density at radius 1 is 1.21 bits per heavy atom. The fourth-order valence-electron chi connectivity index (χ4n) is 2.66. The Balaban J connectivity index is 2.09. The van der Waals surface area contributed by atoms with E-state index in [-0.39, 0.29) is 6.04 Å². The molecule has 19 heavy (non-hydrogen) atoms. The molecule has 0 fully saturated rings. The van der Waals surface area contributed by atoms with Crippen LogP contribution in [0.3, 0.4) is 0 Å². The molecule has 1 aliphatic heterocycles. The first-order chi connectivity index (χ1) is 9.29. The van der Waals surface area contributed by atoms with E-state index in [2.05, 4.69) is 35.6 Å². The first-order valence-corrected chi connectivity index (χ1v) is 6.82. The summed E-state index contributed by atoms with van der Waals surface area (Å²) in [6.45, 7) is 0.967. The third-order valence-corrected chi connectivity index (χ3v) is 3.90. The average molecular weight is 274 g/mol. The molecule has 0 saturated heterocycles. The highest BCUT2D eigenvalue weighted by Crippen LogP contribution is 2.35. The quantitative estimate of drug-likeness (QED) is 0.903. The van der Waals surface area contributed by atoms with E-state index in [1.807, 2.05) is 12.1 Å². The second kappa shape index (κ2) is 5.24. The van der Waals surface area contributed by atoms with Crippen molar-refractivity contribution in [2.24, 2.45) is 0 Å². The molecule has 1 atom stereocenters. The van der Waals surface area contributed by atoms with Crippen molar-refractivity contribution in [2.75, 3.05) is 13.7 Å². The normalized spacial score (nSPS) is 17.9. The van der Waals surface area contributed by atoms with Crippen molar-refractivity contribution in [3.8, 4) is 5.75 Å². The molecule has 0 aromatic heterocycles. The van der Waals surface area contributed by atoms with Crippen molar-refractivity contribution >= 4 is 11.6 Å². The first-order valence-electron chi connectivity index (χ1n) is 6.44. The van der Waals surface area contributed by atoms with Crippen molar-refractivity contribution < 1.29 is 4.74 Å². The van der Waals surface area contributed by atoms with Crippen LogP contribution < -0.4 is 10.1 Å². The number of nitrogens with one attached hydrogen (secondary N) is 1. The number of hydrogen-bond acceptors (Lipinski definition) is 2. The summed E-state index contributed by atoms with van der Waals surface area (Å²) in [4.78, 5) is 0. The molecular formula is C16H16ClNO. The fraction of sp³-hybridized carbons (Fsp3) is 0.250. The molecule has 0 unspecified atom stereocenters. The Kier molecular flexibility index (Phi) is 3.45. The maximum Gasteiger partial charge on any atom is 0.137 e. The molecule has 1 heterocycles. The van der Waals surface area contributed by atoms with Crippen LogP contribution in [0, 0.1) is 0 Å². The summed E-state index contributed by atoms with van der Waals surface area (Å²) in [6.07, 6.45) is 1.00. The van der Waals surface area contributed by atoms with E-state index in [1.54, 1.807) is 7.11 Å². The van der Waals surface area contributed by atoms with Crippen LogP contribution >= 0.6 is 11.6 Å². The fourth-order valence-corrected chi connectivity index (χ4v) is 2.92. The van der Waals surface area contributed by atoms with Crippen molar-refractivity contribution in [1.82, 2.24) is 5.32 Å². The van der Waals surface area contributed by atoms with Crippen LogP contribution in [-0.2, 0) is 6.42 Å². The number of hydrogen-bond donors (Lipinski definition) is 1. The van der Waals surface area contributed by atoms with Crippen LogP contribution in [0.5, 0.6) is 5.75 Å². The summed E-state index contributed by atoms with van der Waals surface area (Å²) in [5, 5.41) is 4.25. The topological polar surface area (TPSA) is 21.3 Å².